The summed E-state index contributed by atoms with van der Waals surface area (Å²) >= 11 is 0. The van der Waals surface area contributed by atoms with Gasteiger partial charge in [-0.3, -0.25) is 9.59 Å². The molecule has 1 rings (SSSR count). The Balaban J connectivity index is 2.59. The zero-order chi connectivity index (χ0) is 11.4. The first-order chi connectivity index (χ1) is 7.06. The van der Waals surface area contributed by atoms with Gasteiger partial charge < -0.3 is 15.3 Å². The third kappa shape index (κ3) is 2.92. The van der Waals surface area contributed by atoms with Gasteiger partial charge >= 0.3 is 5.97 Å². The molecule has 1 aliphatic heterocycles. The molecule has 0 aromatic rings. The minimum Gasteiger partial charge on any atom is -0.480 e. The van der Waals surface area contributed by atoms with Crippen LogP contribution in [-0.4, -0.2) is 47.6 Å². The average Bonchev–Trinajstić information content (AvgIpc) is 2.59. The molecule has 15 heavy (non-hydrogen) atoms. The predicted molar refractivity (Wildman–Crippen MR) is 55.5 cm³/mol. The number of carbonyl (C=O) groups excluding carboxylic acids is 1. The van der Waals surface area contributed by atoms with Gasteiger partial charge in [0.15, 0.2) is 0 Å². The maximum absolute atomic E-state index is 11.9. The van der Waals surface area contributed by atoms with E-state index in [9.17, 15) is 9.59 Å². The van der Waals surface area contributed by atoms with Crippen molar-refractivity contribution in [2.24, 2.45) is 5.92 Å². The summed E-state index contributed by atoms with van der Waals surface area (Å²) in [6.45, 7) is 4.87. The first kappa shape index (κ1) is 12.0. The molecule has 1 aliphatic rings. The second-order valence-corrected chi connectivity index (χ2v) is 3.94. The Kier molecular flexibility index (Phi) is 4.08. The minimum atomic E-state index is -0.962. The van der Waals surface area contributed by atoms with Crippen molar-refractivity contribution in [1.82, 2.24) is 10.2 Å². The highest BCUT2D eigenvalue weighted by molar-refractivity contribution is 5.85. The number of amides is 1. The van der Waals surface area contributed by atoms with Crippen molar-refractivity contribution >= 4 is 11.9 Å². The maximum Gasteiger partial charge on any atom is 0.323 e. The predicted octanol–water partition coefficient (Wildman–Crippen LogP) is -0.0825. The molecular formula is C10H18N2O3. The number of likely N-dealkylation sites (N-methyl/N-ethyl adjacent to an activating group) is 1. The molecule has 0 aromatic heterocycles. The number of nitrogens with zero attached hydrogens (tertiary/aromatic N) is 1. The summed E-state index contributed by atoms with van der Waals surface area (Å²) in [7, 11) is 0. The van der Waals surface area contributed by atoms with Crippen LogP contribution in [0.15, 0.2) is 0 Å². The van der Waals surface area contributed by atoms with Crippen LogP contribution >= 0.6 is 0 Å². The standard InChI is InChI=1S/C10H18N2O3/c1-3-12(6-8(13)14)10(15)9-7(2)4-5-11-9/h7,9,11H,3-6H2,1-2H3,(H,13,14). The van der Waals surface area contributed by atoms with Crippen LogP contribution in [0.3, 0.4) is 0 Å². The maximum atomic E-state index is 11.9. The van der Waals surface area contributed by atoms with E-state index in [1.54, 1.807) is 6.92 Å². The van der Waals surface area contributed by atoms with E-state index in [0.29, 0.717) is 12.5 Å². The minimum absolute atomic E-state index is 0.0927. The first-order valence-electron chi connectivity index (χ1n) is 5.30. The Morgan fingerprint density at radius 3 is 2.60 bits per heavy atom. The molecule has 5 heteroatoms. The molecule has 1 amide bonds. The van der Waals surface area contributed by atoms with Gasteiger partial charge in [0.1, 0.15) is 6.54 Å². The van der Waals surface area contributed by atoms with Gasteiger partial charge in [0, 0.05) is 6.54 Å². The Hall–Kier alpha value is -1.10. The lowest BCUT2D eigenvalue weighted by atomic mass is 10.0. The molecular weight excluding hydrogens is 196 g/mol. The summed E-state index contributed by atoms with van der Waals surface area (Å²) in [6, 6.07) is -0.204. The highest BCUT2D eigenvalue weighted by Gasteiger charge is 2.32. The van der Waals surface area contributed by atoms with E-state index in [-0.39, 0.29) is 18.5 Å². The lowest BCUT2D eigenvalue weighted by molar-refractivity contribution is -0.145. The Labute approximate surface area is 89.4 Å². The van der Waals surface area contributed by atoms with Crippen molar-refractivity contribution in [3.8, 4) is 0 Å². The molecule has 0 spiro atoms. The third-order valence-electron chi connectivity index (χ3n) is 2.82. The number of hydrogen-bond acceptors (Lipinski definition) is 3. The zero-order valence-electron chi connectivity index (χ0n) is 9.19. The molecule has 0 bridgehead atoms. The highest BCUT2D eigenvalue weighted by atomic mass is 16.4. The largest absolute Gasteiger partial charge is 0.480 e. The van der Waals surface area contributed by atoms with Gasteiger partial charge in [-0.25, -0.2) is 0 Å². The van der Waals surface area contributed by atoms with Gasteiger partial charge in [0.25, 0.3) is 0 Å². The fraction of sp³-hybridized carbons (Fsp3) is 0.800. The fourth-order valence-electron chi connectivity index (χ4n) is 1.87. The zero-order valence-corrected chi connectivity index (χ0v) is 9.19. The van der Waals surface area contributed by atoms with E-state index in [1.165, 1.54) is 4.90 Å². The van der Waals surface area contributed by atoms with E-state index in [4.69, 9.17) is 5.11 Å². The number of carboxylic acids is 1. The number of aliphatic carboxylic acids is 1. The third-order valence-corrected chi connectivity index (χ3v) is 2.82. The summed E-state index contributed by atoms with van der Waals surface area (Å²) < 4.78 is 0. The van der Waals surface area contributed by atoms with Crippen LogP contribution in [0.1, 0.15) is 20.3 Å². The number of rotatable bonds is 4. The Morgan fingerprint density at radius 2 is 2.20 bits per heavy atom. The number of nitrogens with one attached hydrogen (secondary N) is 1. The molecule has 0 radical (unpaired) electrons. The van der Waals surface area contributed by atoms with Crippen LogP contribution in [-0.2, 0) is 9.59 Å². The van der Waals surface area contributed by atoms with E-state index < -0.39 is 5.97 Å². The molecule has 1 heterocycles. The second kappa shape index (κ2) is 5.11. The van der Waals surface area contributed by atoms with Crippen LogP contribution in [0.25, 0.3) is 0 Å². The van der Waals surface area contributed by atoms with Crippen molar-refractivity contribution in [3.05, 3.63) is 0 Å². The number of carbonyl (C=O) groups is 2. The highest BCUT2D eigenvalue weighted by Crippen LogP contribution is 2.16. The number of carboxylic acid groups (broad SMARTS) is 1. The molecule has 0 aliphatic carbocycles. The van der Waals surface area contributed by atoms with Crippen LogP contribution < -0.4 is 5.32 Å². The summed E-state index contributed by atoms with van der Waals surface area (Å²) in [5, 5.41) is 11.8. The Morgan fingerprint density at radius 1 is 1.53 bits per heavy atom. The smallest absolute Gasteiger partial charge is 0.323 e. The van der Waals surface area contributed by atoms with Crippen LogP contribution in [0.5, 0.6) is 0 Å². The summed E-state index contributed by atoms with van der Waals surface area (Å²) in [4.78, 5) is 23.9. The molecule has 1 fully saturated rings. The summed E-state index contributed by atoms with van der Waals surface area (Å²) in [6.07, 6.45) is 0.973. The van der Waals surface area contributed by atoms with Crippen LogP contribution in [0.4, 0.5) is 0 Å². The lowest BCUT2D eigenvalue weighted by Gasteiger charge is -2.24. The summed E-state index contributed by atoms with van der Waals surface area (Å²) in [5.74, 6) is -0.763. The van der Waals surface area contributed by atoms with Crippen molar-refractivity contribution in [2.45, 2.75) is 26.3 Å². The van der Waals surface area contributed by atoms with E-state index in [2.05, 4.69) is 5.32 Å². The molecule has 5 nitrogen and oxygen atoms in total. The molecule has 2 atom stereocenters. The van der Waals surface area contributed by atoms with Gasteiger partial charge in [0.05, 0.1) is 6.04 Å². The molecule has 0 aromatic carbocycles. The van der Waals surface area contributed by atoms with Crippen LogP contribution in [0, 0.1) is 5.92 Å². The SMILES string of the molecule is CCN(CC(=O)O)C(=O)C1NCCC1C. The van der Waals surface area contributed by atoms with Crippen molar-refractivity contribution in [3.63, 3.8) is 0 Å². The molecule has 2 unspecified atom stereocenters. The monoisotopic (exact) mass is 214 g/mol. The van der Waals surface area contributed by atoms with Gasteiger partial charge in [0.2, 0.25) is 5.91 Å². The van der Waals surface area contributed by atoms with Gasteiger partial charge in [-0.05, 0) is 25.8 Å². The van der Waals surface area contributed by atoms with Gasteiger partial charge in [-0.15, -0.1) is 0 Å². The van der Waals surface area contributed by atoms with E-state index in [0.717, 1.165) is 13.0 Å². The second-order valence-electron chi connectivity index (χ2n) is 3.94. The van der Waals surface area contributed by atoms with Crippen molar-refractivity contribution in [1.29, 1.82) is 0 Å². The molecule has 86 valence electrons. The molecule has 2 N–H and O–H groups in total. The van der Waals surface area contributed by atoms with Gasteiger partial charge in [-0.1, -0.05) is 6.92 Å². The lowest BCUT2D eigenvalue weighted by Crippen LogP contribution is -2.47. The average molecular weight is 214 g/mol. The quantitative estimate of drug-likeness (QED) is 0.686. The topological polar surface area (TPSA) is 69.6 Å². The van der Waals surface area contributed by atoms with Crippen molar-refractivity contribution < 1.29 is 14.7 Å². The molecule has 0 saturated carbocycles. The molecule has 1 saturated heterocycles. The summed E-state index contributed by atoms with van der Waals surface area (Å²) in [5.41, 5.74) is 0. The van der Waals surface area contributed by atoms with Crippen molar-refractivity contribution in [2.75, 3.05) is 19.6 Å². The van der Waals surface area contributed by atoms with Crippen LogP contribution in [0.2, 0.25) is 0 Å². The normalized spacial score (nSPS) is 25.2. The fourth-order valence-corrected chi connectivity index (χ4v) is 1.87. The van der Waals surface area contributed by atoms with Gasteiger partial charge in [-0.2, -0.15) is 0 Å². The Bertz CT molecular complexity index is 255. The first-order valence-corrected chi connectivity index (χ1v) is 5.30. The number of hydrogen-bond donors (Lipinski definition) is 2. The van der Waals surface area contributed by atoms with E-state index in [1.807, 2.05) is 6.92 Å². The van der Waals surface area contributed by atoms with E-state index >= 15 is 0 Å².